The average molecular weight is 375 g/mol. The van der Waals surface area contributed by atoms with Gasteiger partial charge >= 0.3 is 0 Å². The molecule has 1 N–H and O–H groups in total. The molecule has 26 heavy (non-hydrogen) atoms. The molecule has 0 aromatic rings. The lowest BCUT2D eigenvalue weighted by Crippen LogP contribution is -2.24. The highest BCUT2D eigenvalue weighted by atomic mass is 16.5. The Bertz CT molecular complexity index is 294. The Kier molecular flexibility index (Phi) is 17.2. The molecule has 3 heteroatoms. The number of ether oxygens (including phenoxy) is 2. The van der Waals surface area contributed by atoms with Crippen LogP contribution in [0.4, 0.5) is 0 Å². The quantitative estimate of drug-likeness (QED) is 0.539. The van der Waals surface area contributed by atoms with Gasteiger partial charge in [-0.05, 0) is 62.7 Å². The predicted molar refractivity (Wildman–Crippen MR) is 115 cm³/mol. The van der Waals surface area contributed by atoms with E-state index in [0.29, 0.717) is 11.8 Å². The highest BCUT2D eigenvalue weighted by Crippen LogP contribution is 2.31. The zero-order valence-electron chi connectivity index (χ0n) is 19.6. The van der Waals surface area contributed by atoms with Crippen molar-refractivity contribution in [3.05, 3.63) is 0 Å². The molecule has 0 bridgehead atoms. The van der Waals surface area contributed by atoms with Crippen LogP contribution >= 0.6 is 0 Å². The molecule has 1 heterocycles. The van der Waals surface area contributed by atoms with E-state index in [1.165, 1.54) is 19.3 Å². The Morgan fingerprint density at radius 3 is 1.85 bits per heavy atom. The number of hydrogen-bond acceptors (Lipinski definition) is 3. The summed E-state index contributed by atoms with van der Waals surface area (Å²) in [5, 5.41) is 9.03. The third-order valence-electron chi connectivity index (χ3n) is 4.92. The first kappa shape index (κ1) is 28.1. The Morgan fingerprint density at radius 2 is 1.62 bits per heavy atom. The first-order chi connectivity index (χ1) is 12.0. The molecule has 0 radical (unpaired) electrons. The lowest BCUT2D eigenvalue weighted by atomic mass is 9.92. The van der Waals surface area contributed by atoms with Gasteiger partial charge in [-0.1, -0.05) is 55.4 Å². The number of aliphatic hydroxyl groups is 1. The topological polar surface area (TPSA) is 38.7 Å². The standard InChI is InChI=1S/C9H18O.2C7H16O/c1-8(2)7-9(3)5-4-6-10-9;1-6(2)7(3)5-8-4;1-4-7(8)5-6(2)3/h8H,4-7H2,1-3H3;6-7H,5H2,1-4H3;6-8H,4-5H2,1-3H3/t;;7-/m..1/s1. The van der Waals surface area contributed by atoms with Gasteiger partial charge in [0.2, 0.25) is 0 Å². The van der Waals surface area contributed by atoms with Crippen LogP contribution in [0.3, 0.4) is 0 Å². The SMILES string of the molecule is CC(C)CC1(C)CCCO1.CC[C@@H](O)CC(C)C.COCC(C)C(C)C. The monoisotopic (exact) mass is 374 g/mol. The summed E-state index contributed by atoms with van der Waals surface area (Å²) >= 11 is 0. The molecular weight excluding hydrogens is 324 g/mol. The molecule has 160 valence electrons. The molecule has 1 fully saturated rings. The van der Waals surface area contributed by atoms with Gasteiger partial charge in [-0.25, -0.2) is 0 Å². The van der Waals surface area contributed by atoms with E-state index in [9.17, 15) is 0 Å². The maximum Gasteiger partial charge on any atom is 0.0657 e. The van der Waals surface area contributed by atoms with Crippen LogP contribution in [0.2, 0.25) is 0 Å². The van der Waals surface area contributed by atoms with E-state index < -0.39 is 0 Å². The Labute approximate surface area is 165 Å². The molecule has 0 amide bonds. The zero-order valence-corrected chi connectivity index (χ0v) is 19.6. The molecule has 0 aliphatic carbocycles. The van der Waals surface area contributed by atoms with E-state index in [0.717, 1.165) is 37.9 Å². The fraction of sp³-hybridized carbons (Fsp3) is 1.00. The zero-order chi connectivity index (χ0) is 20.8. The average Bonchev–Trinajstić information content (AvgIpc) is 2.93. The third-order valence-corrected chi connectivity index (χ3v) is 4.92. The summed E-state index contributed by atoms with van der Waals surface area (Å²) in [6, 6.07) is 0. The van der Waals surface area contributed by atoms with E-state index in [1.807, 2.05) is 6.92 Å². The minimum Gasteiger partial charge on any atom is -0.393 e. The Morgan fingerprint density at radius 1 is 1.04 bits per heavy atom. The summed E-state index contributed by atoms with van der Waals surface area (Å²) in [7, 11) is 1.75. The van der Waals surface area contributed by atoms with Crippen LogP contribution < -0.4 is 0 Å². The summed E-state index contributed by atoms with van der Waals surface area (Å²) in [6.45, 7) is 21.5. The summed E-state index contributed by atoms with van der Waals surface area (Å²) in [5.41, 5.74) is 0.216. The maximum atomic E-state index is 9.03. The van der Waals surface area contributed by atoms with Gasteiger partial charge in [0.1, 0.15) is 0 Å². The van der Waals surface area contributed by atoms with Gasteiger partial charge in [0.15, 0.2) is 0 Å². The number of methoxy groups -OCH3 is 1. The van der Waals surface area contributed by atoms with Gasteiger partial charge in [0, 0.05) is 20.3 Å². The van der Waals surface area contributed by atoms with E-state index in [1.54, 1.807) is 7.11 Å². The van der Waals surface area contributed by atoms with E-state index in [-0.39, 0.29) is 11.7 Å². The lowest BCUT2D eigenvalue weighted by Gasteiger charge is -2.24. The number of aliphatic hydroxyl groups excluding tert-OH is 1. The van der Waals surface area contributed by atoms with Crippen molar-refractivity contribution in [1.29, 1.82) is 0 Å². The number of rotatable bonds is 8. The van der Waals surface area contributed by atoms with Crippen LogP contribution in [0.5, 0.6) is 0 Å². The minimum absolute atomic E-state index is 0.0741. The van der Waals surface area contributed by atoms with Gasteiger partial charge < -0.3 is 14.6 Å². The van der Waals surface area contributed by atoms with Crippen LogP contribution in [-0.4, -0.2) is 37.1 Å². The highest BCUT2D eigenvalue weighted by molar-refractivity contribution is 4.80. The van der Waals surface area contributed by atoms with Crippen LogP contribution in [0.25, 0.3) is 0 Å². The molecule has 3 atom stereocenters. The molecular formula is C23H50O3. The highest BCUT2D eigenvalue weighted by Gasteiger charge is 2.29. The van der Waals surface area contributed by atoms with E-state index >= 15 is 0 Å². The predicted octanol–water partition coefficient (Wildman–Crippen LogP) is 6.33. The second-order valence-electron chi connectivity index (χ2n) is 9.37. The van der Waals surface area contributed by atoms with Gasteiger partial charge in [-0.3, -0.25) is 0 Å². The van der Waals surface area contributed by atoms with Crippen LogP contribution in [0.15, 0.2) is 0 Å². The summed E-state index contributed by atoms with van der Waals surface area (Å²) < 4.78 is 10.6. The Hall–Kier alpha value is -0.120. The van der Waals surface area contributed by atoms with Gasteiger partial charge in [0.25, 0.3) is 0 Å². The Balaban J connectivity index is 0. The molecule has 1 saturated heterocycles. The summed E-state index contributed by atoms with van der Waals surface area (Å²) in [4.78, 5) is 0. The number of hydrogen-bond donors (Lipinski definition) is 1. The maximum absolute atomic E-state index is 9.03. The molecule has 2 unspecified atom stereocenters. The fourth-order valence-electron chi connectivity index (χ4n) is 3.03. The normalized spacial score (nSPS) is 21.9. The first-order valence-corrected chi connectivity index (χ1v) is 10.8. The molecule has 3 nitrogen and oxygen atoms in total. The fourth-order valence-corrected chi connectivity index (χ4v) is 3.03. The largest absolute Gasteiger partial charge is 0.393 e. The van der Waals surface area contributed by atoms with Gasteiger partial charge in [-0.2, -0.15) is 0 Å². The van der Waals surface area contributed by atoms with E-state index in [2.05, 4.69) is 55.4 Å². The summed E-state index contributed by atoms with van der Waals surface area (Å²) in [5.74, 6) is 2.84. The van der Waals surface area contributed by atoms with Crippen LogP contribution in [0, 0.1) is 23.7 Å². The van der Waals surface area contributed by atoms with E-state index in [4.69, 9.17) is 14.6 Å². The minimum atomic E-state index is -0.0741. The molecule has 1 aliphatic rings. The second-order valence-corrected chi connectivity index (χ2v) is 9.37. The molecule has 0 spiro atoms. The van der Waals surface area contributed by atoms with Crippen LogP contribution in [0.1, 0.15) is 94.4 Å². The molecule has 0 aromatic carbocycles. The van der Waals surface area contributed by atoms with Crippen molar-refractivity contribution in [3.8, 4) is 0 Å². The van der Waals surface area contributed by atoms with Crippen molar-refractivity contribution in [1.82, 2.24) is 0 Å². The van der Waals surface area contributed by atoms with Crippen molar-refractivity contribution in [2.45, 2.75) is 106 Å². The van der Waals surface area contributed by atoms with Crippen molar-refractivity contribution in [3.63, 3.8) is 0 Å². The van der Waals surface area contributed by atoms with Crippen molar-refractivity contribution < 1.29 is 14.6 Å². The van der Waals surface area contributed by atoms with Crippen LogP contribution in [-0.2, 0) is 9.47 Å². The van der Waals surface area contributed by atoms with Crippen molar-refractivity contribution in [2.24, 2.45) is 23.7 Å². The first-order valence-electron chi connectivity index (χ1n) is 10.8. The van der Waals surface area contributed by atoms with Gasteiger partial charge in [0.05, 0.1) is 11.7 Å². The second kappa shape index (κ2) is 15.9. The van der Waals surface area contributed by atoms with Gasteiger partial charge in [-0.15, -0.1) is 0 Å². The van der Waals surface area contributed by atoms with Crippen molar-refractivity contribution >= 4 is 0 Å². The molecule has 1 rings (SSSR count). The summed E-state index contributed by atoms with van der Waals surface area (Å²) in [6.07, 6.45) is 5.48. The third kappa shape index (κ3) is 17.3. The van der Waals surface area contributed by atoms with Crippen molar-refractivity contribution in [2.75, 3.05) is 20.3 Å². The lowest BCUT2D eigenvalue weighted by molar-refractivity contribution is 0.00386. The molecule has 1 aliphatic heterocycles. The molecule has 0 aromatic heterocycles. The molecule has 0 saturated carbocycles. The smallest absolute Gasteiger partial charge is 0.0657 e.